The smallest absolute Gasteiger partial charge is 0.278 e. The number of halogens is 1. The van der Waals surface area contributed by atoms with E-state index in [0.717, 1.165) is 10.7 Å². The minimum atomic E-state index is -1.48. The molecule has 1 atom stereocenters. The maximum atomic E-state index is 12.9. The van der Waals surface area contributed by atoms with Crippen LogP contribution in [-0.4, -0.2) is 21.7 Å². The molecule has 1 heterocycles. The molecule has 2 aromatic carbocycles. The summed E-state index contributed by atoms with van der Waals surface area (Å²) in [6.07, 6.45) is 0.963. The van der Waals surface area contributed by atoms with Crippen molar-refractivity contribution >= 4 is 23.2 Å². The molecule has 0 unspecified atom stereocenters. The highest BCUT2D eigenvalue weighted by Crippen LogP contribution is 2.37. The first kappa shape index (κ1) is 15.7. The SMILES string of the molecule is CCC1=NN(C(=O)c2ccccc2Cl)[C@](O)(c2ccccc2)C1. The molecule has 0 spiro atoms. The lowest BCUT2D eigenvalue weighted by molar-refractivity contribution is -0.0765. The molecule has 0 bridgehead atoms. The van der Waals surface area contributed by atoms with Gasteiger partial charge in [0.15, 0.2) is 5.72 Å². The molecule has 118 valence electrons. The second-order valence-electron chi connectivity index (χ2n) is 5.48. The molecular weight excluding hydrogens is 312 g/mol. The third-order valence-electron chi connectivity index (χ3n) is 3.98. The Labute approximate surface area is 140 Å². The van der Waals surface area contributed by atoms with E-state index in [4.69, 9.17) is 11.6 Å². The first-order chi connectivity index (χ1) is 11.1. The van der Waals surface area contributed by atoms with Gasteiger partial charge in [-0.25, -0.2) is 0 Å². The maximum absolute atomic E-state index is 12.9. The first-order valence-corrected chi connectivity index (χ1v) is 7.87. The number of carbonyl (C=O) groups is 1. The van der Waals surface area contributed by atoms with Gasteiger partial charge in [0.2, 0.25) is 0 Å². The largest absolute Gasteiger partial charge is 0.365 e. The molecule has 0 fully saturated rings. The number of hydrazone groups is 1. The van der Waals surface area contributed by atoms with Crippen molar-refractivity contribution in [1.82, 2.24) is 5.01 Å². The molecule has 3 rings (SSSR count). The average molecular weight is 329 g/mol. The molecule has 4 nitrogen and oxygen atoms in total. The van der Waals surface area contributed by atoms with Crippen molar-refractivity contribution in [3.05, 3.63) is 70.7 Å². The van der Waals surface area contributed by atoms with E-state index < -0.39 is 11.6 Å². The summed E-state index contributed by atoms with van der Waals surface area (Å²) in [4.78, 5) is 12.9. The van der Waals surface area contributed by atoms with Crippen molar-refractivity contribution in [2.45, 2.75) is 25.5 Å². The van der Waals surface area contributed by atoms with Gasteiger partial charge in [-0.15, -0.1) is 0 Å². The van der Waals surface area contributed by atoms with Gasteiger partial charge in [0.1, 0.15) is 0 Å². The second-order valence-corrected chi connectivity index (χ2v) is 5.88. The van der Waals surface area contributed by atoms with Gasteiger partial charge >= 0.3 is 0 Å². The van der Waals surface area contributed by atoms with Crippen LogP contribution in [-0.2, 0) is 5.72 Å². The van der Waals surface area contributed by atoms with Crippen molar-refractivity contribution in [2.24, 2.45) is 5.10 Å². The first-order valence-electron chi connectivity index (χ1n) is 7.49. The van der Waals surface area contributed by atoms with Gasteiger partial charge in [0.05, 0.1) is 10.6 Å². The van der Waals surface area contributed by atoms with Gasteiger partial charge in [-0.05, 0) is 18.6 Å². The molecule has 0 aromatic heterocycles. The summed E-state index contributed by atoms with van der Waals surface area (Å²) < 4.78 is 0. The van der Waals surface area contributed by atoms with Gasteiger partial charge in [0, 0.05) is 17.7 Å². The molecule has 1 amide bonds. The van der Waals surface area contributed by atoms with Crippen LogP contribution >= 0.6 is 11.6 Å². The summed E-state index contributed by atoms with van der Waals surface area (Å²) in [6, 6.07) is 15.9. The summed E-state index contributed by atoms with van der Waals surface area (Å²) in [5.41, 5.74) is 0.247. The van der Waals surface area contributed by atoms with Crippen LogP contribution in [0.4, 0.5) is 0 Å². The van der Waals surface area contributed by atoms with Crippen molar-refractivity contribution in [3.8, 4) is 0 Å². The predicted molar refractivity (Wildman–Crippen MR) is 90.3 cm³/mol. The van der Waals surface area contributed by atoms with Crippen LogP contribution < -0.4 is 0 Å². The van der Waals surface area contributed by atoms with Gasteiger partial charge in [-0.3, -0.25) is 4.79 Å². The van der Waals surface area contributed by atoms with Crippen LogP contribution in [0.2, 0.25) is 5.02 Å². The Morgan fingerprint density at radius 1 is 1.22 bits per heavy atom. The lowest BCUT2D eigenvalue weighted by Gasteiger charge is -2.31. The lowest BCUT2D eigenvalue weighted by atomic mass is 9.96. The van der Waals surface area contributed by atoms with Crippen molar-refractivity contribution in [2.75, 3.05) is 0 Å². The van der Waals surface area contributed by atoms with Crippen LogP contribution in [0.3, 0.4) is 0 Å². The van der Waals surface area contributed by atoms with E-state index in [2.05, 4.69) is 5.10 Å². The highest BCUT2D eigenvalue weighted by molar-refractivity contribution is 6.33. The molecule has 2 aromatic rings. The quantitative estimate of drug-likeness (QED) is 0.931. The molecule has 1 aliphatic rings. The Bertz CT molecular complexity index is 761. The topological polar surface area (TPSA) is 52.9 Å². The van der Waals surface area contributed by atoms with E-state index >= 15 is 0 Å². The Kier molecular flexibility index (Phi) is 4.20. The summed E-state index contributed by atoms with van der Waals surface area (Å²) in [5, 5.41) is 17.0. The van der Waals surface area contributed by atoms with Crippen LogP contribution in [0.5, 0.6) is 0 Å². The summed E-state index contributed by atoms with van der Waals surface area (Å²) >= 11 is 6.13. The van der Waals surface area contributed by atoms with E-state index in [1.807, 2.05) is 25.1 Å². The Morgan fingerprint density at radius 3 is 2.52 bits per heavy atom. The lowest BCUT2D eigenvalue weighted by Crippen LogP contribution is -2.43. The number of carbonyl (C=O) groups excluding carboxylic acids is 1. The third kappa shape index (κ3) is 2.76. The van der Waals surface area contributed by atoms with Gasteiger partial charge in [-0.1, -0.05) is 61.0 Å². The normalized spacial score (nSPS) is 20.5. The zero-order chi connectivity index (χ0) is 16.4. The molecule has 0 aliphatic carbocycles. The van der Waals surface area contributed by atoms with Gasteiger partial charge in [0.25, 0.3) is 5.91 Å². The average Bonchev–Trinajstić information content (AvgIpc) is 2.94. The monoisotopic (exact) mass is 328 g/mol. The molecule has 0 saturated carbocycles. The fourth-order valence-corrected chi connectivity index (χ4v) is 2.92. The Balaban J connectivity index is 2.05. The molecule has 5 heteroatoms. The number of amides is 1. The number of nitrogens with zero attached hydrogens (tertiary/aromatic N) is 2. The fraction of sp³-hybridized carbons (Fsp3) is 0.222. The van der Waals surface area contributed by atoms with Crippen LogP contribution in [0.15, 0.2) is 59.7 Å². The number of hydrogen-bond donors (Lipinski definition) is 1. The third-order valence-corrected chi connectivity index (χ3v) is 4.31. The van der Waals surface area contributed by atoms with Gasteiger partial charge in [-0.2, -0.15) is 10.1 Å². The maximum Gasteiger partial charge on any atom is 0.278 e. The molecule has 0 saturated heterocycles. The van der Waals surface area contributed by atoms with E-state index in [0.29, 0.717) is 29.0 Å². The molecule has 1 N–H and O–H groups in total. The van der Waals surface area contributed by atoms with Gasteiger partial charge < -0.3 is 5.11 Å². The fourth-order valence-electron chi connectivity index (χ4n) is 2.71. The predicted octanol–water partition coefficient (Wildman–Crippen LogP) is 3.80. The minimum Gasteiger partial charge on any atom is -0.365 e. The number of rotatable bonds is 3. The number of aliphatic hydroxyl groups is 1. The van der Waals surface area contributed by atoms with Crippen LogP contribution in [0.25, 0.3) is 0 Å². The number of hydrogen-bond acceptors (Lipinski definition) is 3. The van der Waals surface area contributed by atoms with E-state index in [-0.39, 0.29) is 0 Å². The molecule has 1 aliphatic heterocycles. The van der Waals surface area contributed by atoms with E-state index in [1.54, 1.807) is 36.4 Å². The van der Waals surface area contributed by atoms with Crippen LogP contribution in [0, 0.1) is 0 Å². The van der Waals surface area contributed by atoms with Crippen LogP contribution in [0.1, 0.15) is 35.7 Å². The zero-order valence-electron chi connectivity index (χ0n) is 12.7. The highest BCUT2D eigenvalue weighted by atomic mass is 35.5. The summed E-state index contributed by atoms with van der Waals surface area (Å²) in [7, 11) is 0. The summed E-state index contributed by atoms with van der Waals surface area (Å²) in [5.74, 6) is -0.412. The standard InChI is InChI=1S/C18H17ClN2O2/c1-2-14-12-18(23,13-8-4-3-5-9-13)21(20-14)17(22)15-10-6-7-11-16(15)19/h3-11,23H,2,12H2,1H3/t18-/m1/s1. The summed E-state index contributed by atoms with van der Waals surface area (Å²) in [6.45, 7) is 1.95. The van der Waals surface area contributed by atoms with E-state index in [9.17, 15) is 9.90 Å². The highest BCUT2D eigenvalue weighted by Gasteiger charge is 2.45. The molecule has 0 radical (unpaired) electrons. The second kappa shape index (κ2) is 6.14. The molecule has 23 heavy (non-hydrogen) atoms. The van der Waals surface area contributed by atoms with Crippen molar-refractivity contribution in [3.63, 3.8) is 0 Å². The zero-order valence-corrected chi connectivity index (χ0v) is 13.5. The molecular formula is C18H17ClN2O2. The van der Waals surface area contributed by atoms with Crippen molar-refractivity contribution < 1.29 is 9.90 Å². The Morgan fingerprint density at radius 2 is 1.87 bits per heavy atom. The Hall–Kier alpha value is -2.17. The number of benzene rings is 2. The minimum absolute atomic E-state index is 0.295. The van der Waals surface area contributed by atoms with Crippen molar-refractivity contribution in [1.29, 1.82) is 0 Å². The van der Waals surface area contributed by atoms with E-state index in [1.165, 1.54) is 0 Å².